The lowest BCUT2D eigenvalue weighted by atomic mass is 9.97. The summed E-state index contributed by atoms with van der Waals surface area (Å²) in [5.41, 5.74) is 15.2. The molecule has 0 saturated heterocycles. The van der Waals surface area contributed by atoms with Crippen LogP contribution >= 0.6 is 0 Å². The summed E-state index contributed by atoms with van der Waals surface area (Å²) in [6.45, 7) is 0. The standard InChI is InChI=1S/C54H35N3/c1-4-16-36(17-5-1)38-32-39(37-18-6-2-7-19-37)34-42(33-38)55(41-30-31-51-48(35-41)44-23-11-12-27-49(44)56(51)40-20-8-3-9-21-40)52-29-15-26-47-46-25-14-24-45-43-22-10-13-28-50(43)57(53(45)46)54(47)52/h1-35H. The van der Waals surface area contributed by atoms with Gasteiger partial charge in [0.15, 0.2) is 0 Å². The van der Waals surface area contributed by atoms with Gasteiger partial charge in [0.2, 0.25) is 0 Å². The second-order valence-corrected chi connectivity index (χ2v) is 15.0. The van der Waals surface area contributed by atoms with Gasteiger partial charge < -0.3 is 13.9 Å². The number of benzene rings is 9. The molecular weight excluding hydrogens is 691 g/mol. The number of hydrogen-bond donors (Lipinski definition) is 0. The summed E-state index contributed by atoms with van der Waals surface area (Å²) < 4.78 is 4.90. The van der Waals surface area contributed by atoms with E-state index < -0.39 is 0 Å². The summed E-state index contributed by atoms with van der Waals surface area (Å²) in [6.07, 6.45) is 0. The van der Waals surface area contributed by atoms with Crippen molar-refractivity contribution in [3.8, 4) is 27.9 Å². The van der Waals surface area contributed by atoms with E-state index in [4.69, 9.17) is 0 Å². The second kappa shape index (κ2) is 12.5. The summed E-state index contributed by atoms with van der Waals surface area (Å²) in [7, 11) is 0. The lowest BCUT2D eigenvalue weighted by molar-refractivity contribution is 1.18. The van der Waals surface area contributed by atoms with E-state index in [1.165, 1.54) is 82.2 Å². The summed E-state index contributed by atoms with van der Waals surface area (Å²) in [4.78, 5) is 2.50. The first kappa shape index (κ1) is 31.7. The first-order valence-electron chi connectivity index (χ1n) is 19.6. The maximum Gasteiger partial charge on any atom is 0.0782 e. The Kier molecular flexibility index (Phi) is 6.93. The van der Waals surface area contributed by atoms with Gasteiger partial charge in [-0.3, -0.25) is 0 Å². The fourth-order valence-electron chi connectivity index (χ4n) is 9.35. The van der Waals surface area contributed by atoms with Gasteiger partial charge in [0.25, 0.3) is 0 Å². The molecule has 0 aliphatic heterocycles. The molecule has 9 aromatic carbocycles. The number of anilines is 3. The first-order chi connectivity index (χ1) is 28.3. The van der Waals surface area contributed by atoms with Crippen molar-refractivity contribution in [2.45, 2.75) is 0 Å². The molecule has 0 amide bonds. The van der Waals surface area contributed by atoms with E-state index in [2.05, 4.69) is 226 Å². The molecule has 57 heavy (non-hydrogen) atoms. The van der Waals surface area contributed by atoms with Crippen LogP contribution in [0.1, 0.15) is 0 Å². The minimum atomic E-state index is 1.10. The van der Waals surface area contributed by atoms with Gasteiger partial charge in [0.1, 0.15) is 0 Å². The Morgan fingerprint density at radius 3 is 1.49 bits per heavy atom. The predicted octanol–water partition coefficient (Wildman–Crippen LogP) is 14.7. The summed E-state index contributed by atoms with van der Waals surface area (Å²) in [5.74, 6) is 0. The summed E-state index contributed by atoms with van der Waals surface area (Å²) in [6, 6.07) is 77.5. The highest BCUT2D eigenvalue weighted by atomic mass is 15.2. The van der Waals surface area contributed by atoms with Crippen LogP contribution in [0.25, 0.3) is 87.8 Å². The SMILES string of the molecule is c1ccc(-c2cc(-c3ccccc3)cc(N(c3ccc4c(c3)c3ccccc3n4-c3ccccc3)c3cccc4c5cccc6c7ccccc7n(c34)c65)c2)cc1. The molecule has 0 fully saturated rings. The van der Waals surface area contributed by atoms with Crippen molar-refractivity contribution in [1.29, 1.82) is 0 Å². The van der Waals surface area contributed by atoms with Crippen LogP contribution in [0, 0.1) is 0 Å². The molecule has 0 N–H and O–H groups in total. The van der Waals surface area contributed by atoms with E-state index in [0.29, 0.717) is 0 Å². The first-order valence-corrected chi connectivity index (χ1v) is 19.6. The zero-order valence-corrected chi connectivity index (χ0v) is 31.0. The fourth-order valence-corrected chi connectivity index (χ4v) is 9.35. The van der Waals surface area contributed by atoms with Crippen molar-refractivity contribution in [2.75, 3.05) is 4.90 Å². The van der Waals surface area contributed by atoms with Crippen molar-refractivity contribution in [3.05, 3.63) is 212 Å². The maximum atomic E-state index is 2.51. The van der Waals surface area contributed by atoms with Gasteiger partial charge >= 0.3 is 0 Å². The lowest BCUT2D eigenvalue weighted by Crippen LogP contribution is -2.11. The molecule has 0 unspecified atom stereocenters. The molecule has 0 radical (unpaired) electrons. The molecule has 12 rings (SSSR count). The smallest absolute Gasteiger partial charge is 0.0782 e. The van der Waals surface area contributed by atoms with Crippen molar-refractivity contribution in [2.24, 2.45) is 0 Å². The number of para-hydroxylation sites is 5. The summed E-state index contributed by atoms with van der Waals surface area (Å²) in [5, 5.41) is 7.51. The molecule has 266 valence electrons. The van der Waals surface area contributed by atoms with E-state index in [-0.39, 0.29) is 0 Å². The number of nitrogens with zero attached hydrogens (tertiary/aromatic N) is 3. The molecule has 3 aromatic heterocycles. The highest BCUT2D eigenvalue weighted by Gasteiger charge is 2.25. The minimum Gasteiger partial charge on any atom is -0.309 e. The van der Waals surface area contributed by atoms with Crippen LogP contribution in [-0.2, 0) is 0 Å². The Labute approximate surface area is 329 Å². The molecule has 3 heterocycles. The Hall–Kier alpha value is -7.62. The number of aromatic nitrogens is 2. The van der Waals surface area contributed by atoms with Gasteiger partial charge in [0.05, 0.1) is 33.3 Å². The predicted molar refractivity (Wildman–Crippen MR) is 241 cm³/mol. The normalized spacial score (nSPS) is 11.9. The average molecular weight is 726 g/mol. The van der Waals surface area contributed by atoms with E-state index in [0.717, 1.165) is 22.7 Å². The highest BCUT2D eigenvalue weighted by molar-refractivity contribution is 6.25. The van der Waals surface area contributed by atoms with Crippen LogP contribution in [0.5, 0.6) is 0 Å². The van der Waals surface area contributed by atoms with Crippen molar-refractivity contribution >= 4 is 77.0 Å². The third-order valence-corrected chi connectivity index (χ3v) is 11.8. The van der Waals surface area contributed by atoms with Crippen LogP contribution in [0.3, 0.4) is 0 Å². The Balaban J connectivity index is 1.21. The Morgan fingerprint density at radius 2 is 0.807 bits per heavy atom. The van der Waals surface area contributed by atoms with Crippen LogP contribution in [0.15, 0.2) is 212 Å². The third kappa shape index (κ3) is 4.79. The molecule has 3 nitrogen and oxygen atoms in total. The highest BCUT2D eigenvalue weighted by Crippen LogP contribution is 2.48. The van der Waals surface area contributed by atoms with Gasteiger partial charge in [-0.2, -0.15) is 0 Å². The maximum absolute atomic E-state index is 2.51. The number of rotatable bonds is 6. The van der Waals surface area contributed by atoms with Crippen LogP contribution in [0.2, 0.25) is 0 Å². The van der Waals surface area contributed by atoms with Crippen molar-refractivity contribution in [1.82, 2.24) is 8.97 Å². The van der Waals surface area contributed by atoms with E-state index in [1.54, 1.807) is 0 Å². The van der Waals surface area contributed by atoms with Gasteiger partial charge in [-0.15, -0.1) is 0 Å². The average Bonchev–Trinajstić information content (AvgIpc) is 3.93. The lowest BCUT2D eigenvalue weighted by Gasteiger charge is -2.28. The van der Waals surface area contributed by atoms with Crippen LogP contribution in [0.4, 0.5) is 17.1 Å². The number of fused-ring (bicyclic) bond motifs is 9. The van der Waals surface area contributed by atoms with Crippen LogP contribution in [-0.4, -0.2) is 8.97 Å². The fraction of sp³-hybridized carbons (Fsp3) is 0. The Bertz CT molecular complexity index is 3390. The molecule has 0 saturated carbocycles. The largest absolute Gasteiger partial charge is 0.309 e. The van der Waals surface area contributed by atoms with Gasteiger partial charge in [-0.1, -0.05) is 146 Å². The van der Waals surface area contributed by atoms with E-state index in [1.807, 2.05) is 0 Å². The molecule has 0 atom stereocenters. The number of hydrogen-bond acceptors (Lipinski definition) is 1. The Morgan fingerprint density at radius 1 is 0.298 bits per heavy atom. The van der Waals surface area contributed by atoms with Gasteiger partial charge in [-0.05, 0) is 89.0 Å². The van der Waals surface area contributed by atoms with Gasteiger partial charge in [-0.25, -0.2) is 0 Å². The molecule has 0 bridgehead atoms. The van der Waals surface area contributed by atoms with Crippen molar-refractivity contribution in [3.63, 3.8) is 0 Å². The minimum absolute atomic E-state index is 1.10. The zero-order valence-electron chi connectivity index (χ0n) is 31.0. The quantitative estimate of drug-likeness (QED) is 0.166. The van der Waals surface area contributed by atoms with E-state index >= 15 is 0 Å². The molecular formula is C54H35N3. The van der Waals surface area contributed by atoms with E-state index in [9.17, 15) is 0 Å². The van der Waals surface area contributed by atoms with Crippen molar-refractivity contribution < 1.29 is 0 Å². The molecule has 0 aliphatic carbocycles. The van der Waals surface area contributed by atoms with Gasteiger partial charge in [0, 0.05) is 49.4 Å². The second-order valence-electron chi connectivity index (χ2n) is 15.0. The van der Waals surface area contributed by atoms with Crippen LogP contribution < -0.4 is 4.90 Å². The third-order valence-electron chi connectivity index (χ3n) is 11.8. The molecule has 12 aromatic rings. The monoisotopic (exact) mass is 725 g/mol. The molecule has 3 heteroatoms. The molecule has 0 aliphatic rings. The summed E-state index contributed by atoms with van der Waals surface area (Å²) >= 11 is 0. The zero-order chi connectivity index (χ0) is 37.5. The topological polar surface area (TPSA) is 12.6 Å². The molecule has 0 spiro atoms.